The van der Waals surface area contributed by atoms with E-state index in [4.69, 9.17) is 0 Å². The summed E-state index contributed by atoms with van der Waals surface area (Å²) in [6.45, 7) is 8.32. The fourth-order valence-electron chi connectivity index (χ4n) is 2.64. The lowest BCUT2D eigenvalue weighted by Gasteiger charge is -2.18. The highest BCUT2D eigenvalue weighted by Gasteiger charge is 2.07. The van der Waals surface area contributed by atoms with Gasteiger partial charge in [-0.25, -0.2) is 0 Å². The number of aliphatic imine (C=N–C) groups is 1. The molecule has 0 saturated carbocycles. The van der Waals surface area contributed by atoms with E-state index in [9.17, 15) is 0 Å². The van der Waals surface area contributed by atoms with Gasteiger partial charge < -0.3 is 15.5 Å². The molecule has 1 aliphatic rings. The van der Waals surface area contributed by atoms with Crippen LogP contribution in [0.3, 0.4) is 0 Å². The standard InChI is InChI=1S/C19H30N4/c1-16(2)7-6-12-21-19(20-3)22-15-17-8-10-18(11-9-17)23-13-4-5-14-23/h4-5,8-11,16H,6-7,12-15H2,1-3H3,(H2,20,21,22). The van der Waals surface area contributed by atoms with Crippen molar-refractivity contribution >= 4 is 11.6 Å². The molecule has 0 radical (unpaired) electrons. The zero-order chi connectivity index (χ0) is 16.5. The van der Waals surface area contributed by atoms with Gasteiger partial charge in [0.25, 0.3) is 0 Å². The molecule has 0 atom stereocenters. The minimum atomic E-state index is 0.760. The van der Waals surface area contributed by atoms with E-state index in [1.165, 1.54) is 24.1 Å². The van der Waals surface area contributed by atoms with Gasteiger partial charge in [-0.15, -0.1) is 0 Å². The first-order valence-corrected chi connectivity index (χ1v) is 8.62. The SMILES string of the molecule is CN=C(NCCCC(C)C)NCc1ccc(N2CC=CC2)cc1. The molecule has 0 saturated heterocycles. The van der Waals surface area contributed by atoms with Gasteiger partial charge in [-0.1, -0.05) is 38.1 Å². The zero-order valence-corrected chi connectivity index (χ0v) is 14.7. The first-order valence-electron chi connectivity index (χ1n) is 8.62. The predicted molar refractivity (Wildman–Crippen MR) is 100 cm³/mol. The molecule has 0 spiro atoms. The van der Waals surface area contributed by atoms with Gasteiger partial charge in [-0.3, -0.25) is 4.99 Å². The molecular formula is C19H30N4. The maximum Gasteiger partial charge on any atom is 0.191 e. The van der Waals surface area contributed by atoms with Crippen molar-refractivity contribution in [1.82, 2.24) is 10.6 Å². The molecule has 0 aliphatic carbocycles. The van der Waals surface area contributed by atoms with E-state index in [0.717, 1.165) is 38.1 Å². The molecule has 0 fully saturated rings. The molecule has 4 heteroatoms. The maximum absolute atomic E-state index is 4.28. The summed E-state index contributed by atoms with van der Waals surface area (Å²) in [7, 11) is 1.82. The second-order valence-corrected chi connectivity index (χ2v) is 6.43. The quantitative estimate of drug-likeness (QED) is 0.351. The van der Waals surface area contributed by atoms with Crippen molar-refractivity contribution < 1.29 is 0 Å². The lowest BCUT2D eigenvalue weighted by molar-refractivity contribution is 0.549. The molecule has 23 heavy (non-hydrogen) atoms. The molecule has 0 amide bonds. The van der Waals surface area contributed by atoms with E-state index < -0.39 is 0 Å². The van der Waals surface area contributed by atoms with Gasteiger partial charge in [0.15, 0.2) is 5.96 Å². The monoisotopic (exact) mass is 314 g/mol. The maximum atomic E-state index is 4.28. The topological polar surface area (TPSA) is 39.7 Å². The summed E-state index contributed by atoms with van der Waals surface area (Å²) in [5.41, 5.74) is 2.56. The normalized spacial score (nSPS) is 14.6. The smallest absolute Gasteiger partial charge is 0.191 e. The van der Waals surface area contributed by atoms with Gasteiger partial charge in [0.2, 0.25) is 0 Å². The van der Waals surface area contributed by atoms with Gasteiger partial charge in [-0.05, 0) is 36.5 Å². The van der Waals surface area contributed by atoms with Crippen LogP contribution in [0, 0.1) is 5.92 Å². The Morgan fingerprint density at radius 2 is 1.83 bits per heavy atom. The molecule has 126 valence electrons. The fourth-order valence-corrected chi connectivity index (χ4v) is 2.64. The van der Waals surface area contributed by atoms with Crippen LogP contribution in [0.25, 0.3) is 0 Å². The average Bonchev–Trinajstić information content (AvgIpc) is 3.09. The number of hydrogen-bond donors (Lipinski definition) is 2. The van der Waals surface area contributed by atoms with Crippen LogP contribution in [-0.4, -0.2) is 32.6 Å². The van der Waals surface area contributed by atoms with Gasteiger partial charge in [0.1, 0.15) is 0 Å². The number of benzene rings is 1. The minimum absolute atomic E-state index is 0.760. The largest absolute Gasteiger partial charge is 0.364 e. The second kappa shape index (κ2) is 9.23. The highest BCUT2D eigenvalue weighted by atomic mass is 15.2. The van der Waals surface area contributed by atoms with Crippen LogP contribution in [0.1, 0.15) is 32.3 Å². The van der Waals surface area contributed by atoms with E-state index in [2.05, 4.69) is 70.8 Å². The van der Waals surface area contributed by atoms with Crippen molar-refractivity contribution in [2.24, 2.45) is 10.9 Å². The summed E-state index contributed by atoms with van der Waals surface area (Å²) in [5.74, 6) is 1.64. The summed E-state index contributed by atoms with van der Waals surface area (Å²) in [6, 6.07) is 8.77. The molecular weight excluding hydrogens is 284 g/mol. The van der Waals surface area contributed by atoms with E-state index in [0.29, 0.717) is 0 Å². The Hall–Kier alpha value is -1.97. The van der Waals surface area contributed by atoms with Crippen LogP contribution in [0.15, 0.2) is 41.4 Å². The zero-order valence-electron chi connectivity index (χ0n) is 14.7. The lowest BCUT2D eigenvalue weighted by atomic mass is 10.1. The third-order valence-corrected chi connectivity index (χ3v) is 4.05. The highest BCUT2D eigenvalue weighted by molar-refractivity contribution is 5.79. The van der Waals surface area contributed by atoms with Crippen molar-refractivity contribution in [3.63, 3.8) is 0 Å². The first-order chi connectivity index (χ1) is 11.2. The molecule has 1 heterocycles. The van der Waals surface area contributed by atoms with Crippen LogP contribution in [0.4, 0.5) is 5.69 Å². The fraction of sp³-hybridized carbons (Fsp3) is 0.526. The Kier molecular flexibility index (Phi) is 6.98. The molecule has 1 aromatic carbocycles. The van der Waals surface area contributed by atoms with Crippen molar-refractivity contribution in [3.05, 3.63) is 42.0 Å². The first kappa shape index (κ1) is 17.4. The second-order valence-electron chi connectivity index (χ2n) is 6.43. The molecule has 0 unspecified atom stereocenters. The number of nitrogens with zero attached hydrogens (tertiary/aromatic N) is 2. The summed E-state index contributed by atoms with van der Waals surface area (Å²) < 4.78 is 0. The Balaban J connectivity index is 1.73. The third kappa shape index (κ3) is 5.97. The van der Waals surface area contributed by atoms with Crippen LogP contribution in [0.5, 0.6) is 0 Å². The Bertz CT molecular complexity index is 509. The van der Waals surface area contributed by atoms with Crippen LogP contribution in [-0.2, 0) is 6.54 Å². The van der Waals surface area contributed by atoms with Crippen molar-refractivity contribution in [2.45, 2.75) is 33.2 Å². The van der Waals surface area contributed by atoms with E-state index in [1.54, 1.807) is 0 Å². The van der Waals surface area contributed by atoms with Gasteiger partial charge in [-0.2, -0.15) is 0 Å². The molecule has 1 aliphatic heterocycles. The molecule has 4 nitrogen and oxygen atoms in total. The van der Waals surface area contributed by atoms with Crippen LogP contribution < -0.4 is 15.5 Å². The Morgan fingerprint density at radius 1 is 1.13 bits per heavy atom. The van der Waals surface area contributed by atoms with E-state index in [1.807, 2.05) is 7.05 Å². The molecule has 2 N–H and O–H groups in total. The van der Waals surface area contributed by atoms with Crippen molar-refractivity contribution in [1.29, 1.82) is 0 Å². The molecule has 1 aromatic rings. The molecule has 0 bridgehead atoms. The van der Waals surface area contributed by atoms with Gasteiger partial charge in [0, 0.05) is 38.9 Å². The number of guanidine groups is 1. The number of rotatable bonds is 7. The predicted octanol–water partition coefficient (Wildman–Crippen LogP) is 3.16. The number of anilines is 1. The van der Waals surface area contributed by atoms with Crippen LogP contribution >= 0.6 is 0 Å². The third-order valence-electron chi connectivity index (χ3n) is 4.05. The van der Waals surface area contributed by atoms with Gasteiger partial charge >= 0.3 is 0 Å². The van der Waals surface area contributed by atoms with Crippen LogP contribution in [0.2, 0.25) is 0 Å². The highest BCUT2D eigenvalue weighted by Crippen LogP contribution is 2.17. The van der Waals surface area contributed by atoms with E-state index >= 15 is 0 Å². The lowest BCUT2D eigenvalue weighted by Crippen LogP contribution is -2.37. The van der Waals surface area contributed by atoms with Crippen molar-refractivity contribution in [3.8, 4) is 0 Å². The summed E-state index contributed by atoms with van der Waals surface area (Å²) >= 11 is 0. The summed E-state index contributed by atoms with van der Waals surface area (Å²) in [5, 5.41) is 6.75. The molecule has 2 rings (SSSR count). The minimum Gasteiger partial charge on any atom is -0.364 e. The summed E-state index contributed by atoms with van der Waals surface area (Å²) in [4.78, 5) is 6.63. The van der Waals surface area contributed by atoms with E-state index in [-0.39, 0.29) is 0 Å². The number of nitrogens with one attached hydrogen (secondary N) is 2. The van der Waals surface area contributed by atoms with Crippen molar-refractivity contribution in [2.75, 3.05) is 31.6 Å². The average molecular weight is 314 g/mol. The Morgan fingerprint density at radius 3 is 2.43 bits per heavy atom. The Labute approximate surface area is 140 Å². The number of hydrogen-bond acceptors (Lipinski definition) is 2. The summed E-state index contributed by atoms with van der Waals surface area (Å²) in [6.07, 6.45) is 6.85. The van der Waals surface area contributed by atoms with Gasteiger partial charge in [0.05, 0.1) is 0 Å². The molecule has 0 aromatic heterocycles.